The molecule has 1 N–H and O–H groups in total. The Bertz CT molecular complexity index is 157. The quantitative estimate of drug-likeness (QED) is 0.742. The zero-order chi connectivity index (χ0) is 10.4. The van der Waals surface area contributed by atoms with Crippen LogP contribution in [0.1, 0.15) is 13.8 Å². The van der Waals surface area contributed by atoms with E-state index in [2.05, 4.69) is 11.8 Å². The van der Waals surface area contributed by atoms with Gasteiger partial charge in [0.15, 0.2) is 0 Å². The van der Waals surface area contributed by atoms with E-state index in [1.54, 1.807) is 0 Å². The van der Waals surface area contributed by atoms with E-state index in [1.165, 1.54) is 5.75 Å². The summed E-state index contributed by atoms with van der Waals surface area (Å²) in [7, 11) is 0. The molecule has 84 valence electrons. The molecule has 1 heterocycles. The zero-order valence-corrected chi connectivity index (χ0v) is 9.92. The third kappa shape index (κ3) is 4.64. The van der Waals surface area contributed by atoms with Gasteiger partial charge in [0.1, 0.15) is 0 Å². The highest BCUT2D eigenvalue weighted by Crippen LogP contribution is 2.17. The molecule has 1 aliphatic heterocycles. The van der Waals surface area contributed by atoms with Gasteiger partial charge in [0.05, 0.1) is 12.7 Å². The molecule has 0 aromatic carbocycles. The van der Waals surface area contributed by atoms with Crippen LogP contribution >= 0.6 is 11.8 Å². The molecule has 1 fully saturated rings. The van der Waals surface area contributed by atoms with Crippen LogP contribution in [0.3, 0.4) is 0 Å². The van der Waals surface area contributed by atoms with Crippen LogP contribution in [0.4, 0.5) is 0 Å². The molecule has 14 heavy (non-hydrogen) atoms. The van der Waals surface area contributed by atoms with Crippen LogP contribution < -0.4 is 0 Å². The first-order valence-electron chi connectivity index (χ1n) is 5.32. The van der Waals surface area contributed by atoms with Gasteiger partial charge in [-0.1, -0.05) is 6.92 Å². The number of thioether (sulfide) groups is 1. The second kappa shape index (κ2) is 6.67. The van der Waals surface area contributed by atoms with Crippen molar-refractivity contribution in [1.29, 1.82) is 0 Å². The molecule has 0 saturated carbocycles. The predicted molar refractivity (Wildman–Crippen MR) is 60.9 cm³/mol. The molecule has 2 atom stereocenters. The number of β-amino-alcohol motifs (C(OH)–C–C–N with tert-alkyl or cyclic N) is 1. The third-order valence-electron chi connectivity index (χ3n) is 2.31. The van der Waals surface area contributed by atoms with Crippen LogP contribution in [0, 0.1) is 0 Å². The number of aliphatic hydroxyl groups excluding tert-OH is 1. The van der Waals surface area contributed by atoms with E-state index < -0.39 is 0 Å². The summed E-state index contributed by atoms with van der Waals surface area (Å²) in [4.78, 5) is 2.32. The summed E-state index contributed by atoms with van der Waals surface area (Å²) in [5, 5.41) is 10.3. The Kier molecular flexibility index (Phi) is 5.86. The maximum absolute atomic E-state index is 9.65. The van der Waals surface area contributed by atoms with Crippen molar-refractivity contribution in [3.63, 3.8) is 0 Å². The lowest BCUT2D eigenvalue weighted by Gasteiger charge is -2.31. The third-order valence-corrected chi connectivity index (χ3v) is 3.44. The average Bonchev–Trinajstić information content (AvgIpc) is 2.15. The fourth-order valence-electron chi connectivity index (χ4n) is 1.66. The standard InChI is InChI=1S/C10H21NO2S/c1-3-13-8-10(12)7-11-4-5-14-9(2)6-11/h9-10,12H,3-8H2,1-2H3. The van der Waals surface area contributed by atoms with Gasteiger partial charge in [-0.05, 0) is 6.92 Å². The molecule has 0 spiro atoms. The number of hydrogen-bond donors (Lipinski definition) is 1. The first-order valence-corrected chi connectivity index (χ1v) is 6.37. The zero-order valence-electron chi connectivity index (χ0n) is 9.11. The molecular formula is C10H21NO2S. The minimum atomic E-state index is -0.328. The van der Waals surface area contributed by atoms with E-state index in [-0.39, 0.29) is 6.10 Å². The summed E-state index contributed by atoms with van der Waals surface area (Å²) in [5.74, 6) is 1.18. The Balaban J connectivity index is 2.15. The van der Waals surface area contributed by atoms with Crippen molar-refractivity contribution in [3.8, 4) is 0 Å². The van der Waals surface area contributed by atoms with Crippen molar-refractivity contribution < 1.29 is 9.84 Å². The van der Waals surface area contributed by atoms with Gasteiger partial charge in [-0.3, -0.25) is 4.90 Å². The molecular weight excluding hydrogens is 198 g/mol. The second-order valence-electron chi connectivity index (χ2n) is 3.75. The van der Waals surface area contributed by atoms with Gasteiger partial charge in [0, 0.05) is 37.2 Å². The van der Waals surface area contributed by atoms with E-state index in [9.17, 15) is 5.11 Å². The van der Waals surface area contributed by atoms with Crippen LogP contribution in [-0.4, -0.2) is 60.0 Å². The molecule has 2 unspecified atom stereocenters. The second-order valence-corrected chi connectivity index (χ2v) is 5.30. The monoisotopic (exact) mass is 219 g/mol. The van der Waals surface area contributed by atoms with E-state index in [1.807, 2.05) is 18.7 Å². The van der Waals surface area contributed by atoms with Crippen molar-refractivity contribution in [2.75, 3.05) is 38.6 Å². The van der Waals surface area contributed by atoms with E-state index in [4.69, 9.17) is 4.74 Å². The number of aliphatic hydroxyl groups is 1. The normalized spacial score (nSPS) is 26.4. The van der Waals surface area contributed by atoms with Gasteiger partial charge in [0.25, 0.3) is 0 Å². The van der Waals surface area contributed by atoms with Crippen molar-refractivity contribution >= 4 is 11.8 Å². The van der Waals surface area contributed by atoms with Crippen LogP contribution in [0.5, 0.6) is 0 Å². The summed E-state index contributed by atoms with van der Waals surface area (Å²) >= 11 is 2.01. The minimum absolute atomic E-state index is 0.328. The molecule has 0 aromatic heterocycles. The van der Waals surface area contributed by atoms with E-state index >= 15 is 0 Å². The highest BCUT2D eigenvalue weighted by molar-refractivity contribution is 7.99. The fourth-order valence-corrected chi connectivity index (χ4v) is 2.74. The number of hydrogen-bond acceptors (Lipinski definition) is 4. The predicted octanol–water partition coefficient (Wildman–Crippen LogP) is 0.821. The topological polar surface area (TPSA) is 32.7 Å². The molecule has 0 bridgehead atoms. The number of ether oxygens (including phenoxy) is 1. The Morgan fingerprint density at radius 2 is 2.43 bits per heavy atom. The van der Waals surface area contributed by atoms with Gasteiger partial charge in [-0.2, -0.15) is 11.8 Å². The Hall–Kier alpha value is 0.230. The van der Waals surface area contributed by atoms with Crippen LogP contribution in [-0.2, 0) is 4.74 Å². The fraction of sp³-hybridized carbons (Fsp3) is 1.00. The van der Waals surface area contributed by atoms with E-state index in [0.29, 0.717) is 18.5 Å². The lowest BCUT2D eigenvalue weighted by molar-refractivity contribution is 0.0219. The largest absolute Gasteiger partial charge is 0.389 e. The molecule has 4 heteroatoms. The van der Waals surface area contributed by atoms with Gasteiger partial charge >= 0.3 is 0 Å². The smallest absolute Gasteiger partial charge is 0.0900 e. The summed E-state index contributed by atoms with van der Waals surface area (Å²) < 4.78 is 5.18. The molecule has 0 aromatic rings. The van der Waals surface area contributed by atoms with Crippen molar-refractivity contribution in [3.05, 3.63) is 0 Å². The lowest BCUT2D eigenvalue weighted by Crippen LogP contribution is -2.42. The van der Waals surface area contributed by atoms with Crippen molar-refractivity contribution in [2.45, 2.75) is 25.2 Å². The van der Waals surface area contributed by atoms with Crippen LogP contribution in [0.15, 0.2) is 0 Å². The van der Waals surface area contributed by atoms with E-state index in [0.717, 1.165) is 19.6 Å². The van der Waals surface area contributed by atoms with Crippen molar-refractivity contribution in [2.24, 2.45) is 0 Å². The van der Waals surface area contributed by atoms with Gasteiger partial charge in [0.2, 0.25) is 0 Å². The summed E-state index contributed by atoms with van der Waals surface area (Å²) in [6.45, 7) is 8.28. The molecule has 1 saturated heterocycles. The Morgan fingerprint density at radius 3 is 3.07 bits per heavy atom. The van der Waals surface area contributed by atoms with Crippen LogP contribution in [0.2, 0.25) is 0 Å². The molecule has 1 aliphatic rings. The average molecular weight is 219 g/mol. The number of nitrogens with zero attached hydrogens (tertiary/aromatic N) is 1. The SMILES string of the molecule is CCOCC(O)CN1CCSC(C)C1. The molecule has 3 nitrogen and oxygen atoms in total. The number of rotatable bonds is 5. The molecule has 1 rings (SSSR count). The first kappa shape index (κ1) is 12.3. The first-order chi connectivity index (χ1) is 6.72. The van der Waals surface area contributed by atoms with Gasteiger partial charge in [-0.15, -0.1) is 0 Å². The molecule has 0 radical (unpaired) electrons. The van der Waals surface area contributed by atoms with Gasteiger partial charge < -0.3 is 9.84 Å². The maximum atomic E-state index is 9.65. The van der Waals surface area contributed by atoms with Crippen LogP contribution in [0.25, 0.3) is 0 Å². The maximum Gasteiger partial charge on any atom is 0.0900 e. The Labute approximate surface area is 90.8 Å². The molecule has 0 amide bonds. The summed E-state index contributed by atoms with van der Waals surface area (Å²) in [5.41, 5.74) is 0. The summed E-state index contributed by atoms with van der Waals surface area (Å²) in [6.07, 6.45) is -0.328. The summed E-state index contributed by atoms with van der Waals surface area (Å²) in [6, 6.07) is 0. The lowest BCUT2D eigenvalue weighted by atomic mass is 10.3. The minimum Gasteiger partial charge on any atom is -0.389 e. The molecule has 0 aliphatic carbocycles. The highest BCUT2D eigenvalue weighted by Gasteiger charge is 2.18. The Morgan fingerprint density at radius 1 is 1.64 bits per heavy atom. The highest BCUT2D eigenvalue weighted by atomic mass is 32.2. The van der Waals surface area contributed by atoms with Crippen molar-refractivity contribution in [1.82, 2.24) is 4.90 Å². The van der Waals surface area contributed by atoms with Gasteiger partial charge in [-0.25, -0.2) is 0 Å².